The van der Waals surface area contributed by atoms with Gasteiger partial charge in [-0.3, -0.25) is 14.4 Å². The van der Waals surface area contributed by atoms with Gasteiger partial charge in [-0.25, -0.2) is 0 Å². The number of hydrogen-bond acceptors (Lipinski definition) is 3. The van der Waals surface area contributed by atoms with Crippen molar-refractivity contribution in [3.63, 3.8) is 0 Å². The highest BCUT2D eigenvalue weighted by atomic mass is 28.3. The minimum absolute atomic E-state index is 0.153. The molecule has 0 aromatic heterocycles. The summed E-state index contributed by atoms with van der Waals surface area (Å²) >= 11 is 0. The first-order chi connectivity index (χ1) is 36.2. The van der Waals surface area contributed by atoms with E-state index in [1.807, 2.05) is 34.3 Å². The van der Waals surface area contributed by atoms with Gasteiger partial charge < -0.3 is 9.80 Å². The van der Waals surface area contributed by atoms with Crippen LogP contribution in [0.2, 0.25) is 25.7 Å². The highest BCUT2D eigenvalue weighted by molar-refractivity contribution is 6.78. The van der Waals surface area contributed by atoms with Crippen LogP contribution in [0.5, 0.6) is 0 Å². The van der Waals surface area contributed by atoms with Crippen LogP contribution < -0.4 is 0 Å². The maximum Gasteiger partial charge on any atom is 0.245 e. The summed E-state index contributed by atoms with van der Waals surface area (Å²) in [5.41, 5.74) is 1.37. The van der Waals surface area contributed by atoms with Gasteiger partial charge in [-0.1, -0.05) is 268 Å². The molecule has 0 fully saturated rings. The predicted octanol–water partition coefficient (Wildman–Crippen LogP) is 22.4. The number of allylic oxidation sites excluding steroid dienone is 9. The van der Waals surface area contributed by atoms with E-state index in [0.29, 0.717) is 5.78 Å². The van der Waals surface area contributed by atoms with E-state index in [9.17, 15) is 14.4 Å². The number of likely N-dealkylation sites (N-methyl/N-ethyl adjacent to an activating group) is 1. The molecule has 0 bridgehead atoms. The molecule has 0 aliphatic rings. The van der Waals surface area contributed by atoms with Gasteiger partial charge in [-0.15, -0.1) is 0 Å². The molecular formula is C69H132N2O3Si. The first-order valence-corrected chi connectivity index (χ1v) is 36.2. The molecule has 0 atom stereocenters. The van der Waals surface area contributed by atoms with E-state index in [4.69, 9.17) is 0 Å². The van der Waals surface area contributed by atoms with Gasteiger partial charge in [0.25, 0.3) is 0 Å². The number of rotatable bonds is 51. The summed E-state index contributed by atoms with van der Waals surface area (Å²) < 4.78 is 0. The number of nitrogens with zero attached hydrogens (tertiary/aromatic N) is 2. The Kier molecular flexibility index (Phi) is 63.8. The molecule has 0 aliphatic heterocycles. The highest BCUT2D eigenvalue weighted by Gasteiger charge is 2.18. The van der Waals surface area contributed by atoms with Crippen LogP contribution in [0.1, 0.15) is 310 Å². The number of unbranched alkanes of at least 4 members (excludes halogenated alkanes) is 32. The SMILES string of the molecule is CCCCC/C=C\C/C=C\CCCCCCCCC/C(=C/C(=O)N(C)C)CCCCCCCCC.CCCCC/C=C\C/C=C\CCCCCCCCCC(=O)CCCCCCCCC.CN(C)C(=O)C[Si](C)(C)C. The lowest BCUT2D eigenvalue weighted by atomic mass is 9.98. The van der Waals surface area contributed by atoms with E-state index in [2.05, 4.69) is 95.9 Å². The van der Waals surface area contributed by atoms with E-state index in [1.54, 1.807) is 9.80 Å². The van der Waals surface area contributed by atoms with Crippen molar-refractivity contribution in [1.82, 2.24) is 9.80 Å². The highest BCUT2D eigenvalue weighted by Crippen LogP contribution is 2.20. The van der Waals surface area contributed by atoms with Crippen LogP contribution in [0.15, 0.2) is 60.3 Å². The number of carbonyl (C=O) groups excluding carboxylic acids is 3. The summed E-state index contributed by atoms with van der Waals surface area (Å²) in [7, 11) is 6.15. The molecule has 0 saturated carbocycles. The summed E-state index contributed by atoms with van der Waals surface area (Å²) in [6.45, 7) is 15.7. The molecule has 0 aromatic rings. The Hall–Kier alpha value is -2.47. The lowest BCUT2D eigenvalue weighted by molar-refractivity contribution is -0.126. The second-order valence-corrected chi connectivity index (χ2v) is 29.2. The summed E-state index contributed by atoms with van der Waals surface area (Å²) in [6, 6.07) is 0.764. The molecule has 0 heterocycles. The normalized spacial score (nSPS) is 12.0. The molecule has 5 nitrogen and oxygen atoms in total. The molecule has 75 heavy (non-hydrogen) atoms. The van der Waals surface area contributed by atoms with Crippen molar-refractivity contribution in [3.05, 3.63) is 60.3 Å². The van der Waals surface area contributed by atoms with Gasteiger partial charge in [0.15, 0.2) is 0 Å². The third-order valence-corrected chi connectivity index (χ3v) is 15.3. The Morgan fingerprint density at radius 3 is 0.880 bits per heavy atom. The molecule has 0 spiro atoms. The fourth-order valence-corrected chi connectivity index (χ4v) is 10.1. The third-order valence-electron chi connectivity index (χ3n) is 14.0. The third kappa shape index (κ3) is 69.5. The number of amides is 2. The van der Waals surface area contributed by atoms with Gasteiger partial charge in [0.2, 0.25) is 11.8 Å². The van der Waals surface area contributed by atoms with E-state index in [0.717, 1.165) is 57.4 Å². The largest absolute Gasteiger partial charge is 0.349 e. The van der Waals surface area contributed by atoms with Gasteiger partial charge in [0.1, 0.15) is 5.78 Å². The van der Waals surface area contributed by atoms with Crippen LogP contribution in [0, 0.1) is 0 Å². The van der Waals surface area contributed by atoms with Gasteiger partial charge in [0.05, 0.1) is 8.07 Å². The van der Waals surface area contributed by atoms with Crippen molar-refractivity contribution >= 4 is 25.7 Å². The zero-order valence-corrected chi connectivity index (χ0v) is 53.6. The molecule has 0 saturated heterocycles. The topological polar surface area (TPSA) is 57.7 Å². The smallest absolute Gasteiger partial charge is 0.245 e. The average Bonchev–Trinajstić information content (AvgIpc) is 3.37. The molecule has 0 rings (SSSR count). The molecule has 2 amide bonds. The van der Waals surface area contributed by atoms with Crippen molar-refractivity contribution in [2.45, 2.75) is 336 Å². The molecule has 0 aromatic carbocycles. The number of hydrogen-bond donors (Lipinski definition) is 0. The van der Waals surface area contributed by atoms with Crippen molar-refractivity contribution in [2.75, 3.05) is 28.2 Å². The molecule has 0 aliphatic carbocycles. The van der Waals surface area contributed by atoms with Crippen LogP contribution in [0.4, 0.5) is 0 Å². The van der Waals surface area contributed by atoms with E-state index < -0.39 is 8.07 Å². The average molecular weight is 1070 g/mol. The van der Waals surface area contributed by atoms with Crippen LogP contribution in [0.3, 0.4) is 0 Å². The van der Waals surface area contributed by atoms with Crippen LogP contribution in [-0.4, -0.2) is 63.7 Å². The Balaban J connectivity index is -0.00000118. The van der Waals surface area contributed by atoms with Crippen LogP contribution in [0.25, 0.3) is 0 Å². The Bertz CT molecular complexity index is 1370. The van der Waals surface area contributed by atoms with Crippen molar-refractivity contribution in [2.24, 2.45) is 0 Å². The molecular weight excluding hydrogens is 933 g/mol. The first kappa shape index (κ1) is 76.8. The van der Waals surface area contributed by atoms with Gasteiger partial charge in [0, 0.05) is 53.2 Å². The lowest BCUT2D eigenvalue weighted by Crippen LogP contribution is -2.31. The Labute approximate surface area is 472 Å². The zero-order valence-electron chi connectivity index (χ0n) is 52.6. The molecule has 6 heteroatoms. The van der Waals surface area contributed by atoms with Crippen LogP contribution >= 0.6 is 0 Å². The molecule has 0 radical (unpaired) electrons. The Morgan fingerprint density at radius 1 is 0.333 bits per heavy atom. The fourth-order valence-electron chi connectivity index (χ4n) is 8.90. The maximum absolute atomic E-state index is 12.2. The lowest BCUT2D eigenvalue weighted by Gasteiger charge is -2.18. The standard InChI is InChI=1S/C33H61NO.C29H54O.C7H17NOSi/c1-5-7-9-11-13-14-15-16-17-18-19-20-21-22-24-26-28-30-32(31-33(35)34(3)4)29-27-25-23-12-10-8-6-2;1-3-5-7-9-11-12-13-14-15-16-17-18-19-20-22-24-26-28-29(30)27-25-23-21-10-8-6-4-2;1-8(2)7(9)6-10(3,4)5/h13-14,16-17,31H,5-12,15,18-30H2,1-4H3;11-12,14-15H,3-10,13,16-28H2,1-2H3;6H2,1-5H3/b14-13-,17-16-,32-31+;12-11-,15-14-;. The van der Waals surface area contributed by atoms with Gasteiger partial charge in [-0.05, 0) is 103 Å². The van der Waals surface area contributed by atoms with Gasteiger partial charge in [-0.2, -0.15) is 0 Å². The second kappa shape index (κ2) is 62.4. The van der Waals surface area contributed by atoms with Crippen LogP contribution in [-0.2, 0) is 14.4 Å². The minimum atomic E-state index is -1.17. The quantitative estimate of drug-likeness (QED) is 0.0264. The minimum Gasteiger partial charge on any atom is -0.349 e. The summed E-state index contributed by atoms with van der Waals surface area (Å²) in [4.78, 5) is 38.6. The summed E-state index contributed by atoms with van der Waals surface area (Å²) in [5, 5.41) is 0. The fraction of sp³-hybridized carbons (Fsp3) is 0.812. The summed E-state index contributed by atoms with van der Waals surface area (Å²) in [5.74, 6) is 0.922. The van der Waals surface area contributed by atoms with Gasteiger partial charge >= 0.3 is 0 Å². The van der Waals surface area contributed by atoms with Crippen molar-refractivity contribution < 1.29 is 14.4 Å². The maximum atomic E-state index is 12.2. The monoisotopic (exact) mass is 1070 g/mol. The summed E-state index contributed by atoms with van der Waals surface area (Å²) in [6.07, 6.45) is 76.4. The predicted molar refractivity (Wildman–Crippen MR) is 341 cm³/mol. The first-order valence-electron chi connectivity index (χ1n) is 32.5. The van der Waals surface area contributed by atoms with Crippen molar-refractivity contribution in [1.29, 1.82) is 0 Å². The molecule has 440 valence electrons. The van der Waals surface area contributed by atoms with E-state index in [1.165, 1.54) is 237 Å². The van der Waals surface area contributed by atoms with E-state index in [-0.39, 0.29) is 11.8 Å². The number of carbonyl (C=O) groups is 3. The Morgan fingerprint density at radius 2 is 0.600 bits per heavy atom. The van der Waals surface area contributed by atoms with Crippen molar-refractivity contribution in [3.8, 4) is 0 Å². The molecule has 0 N–H and O–H groups in total. The van der Waals surface area contributed by atoms with E-state index >= 15 is 0 Å². The zero-order chi connectivity index (χ0) is 56.1. The number of Topliss-reactive ketones (excluding diaryl/α,β-unsaturated/α-hetero) is 1. The second-order valence-electron chi connectivity index (χ2n) is 23.7. The molecule has 0 unspecified atom stereocenters. The number of ketones is 1.